The Bertz CT molecular complexity index is 644. The molecule has 22 heavy (non-hydrogen) atoms. The maximum Gasteiger partial charge on any atom is 0.252 e. The highest BCUT2D eigenvalue weighted by Crippen LogP contribution is 2.40. The first-order valence-corrected chi connectivity index (χ1v) is 7.34. The Kier molecular flexibility index (Phi) is 3.96. The molecule has 2 aromatic carbocycles. The Hall–Kier alpha value is -2.17. The third-order valence-corrected chi connectivity index (χ3v) is 4.41. The largest absolute Gasteiger partial charge is 0.386 e. The van der Waals surface area contributed by atoms with Crippen molar-refractivity contribution in [1.82, 2.24) is 4.90 Å². The lowest BCUT2D eigenvalue weighted by molar-refractivity contribution is -0.135. The summed E-state index contributed by atoms with van der Waals surface area (Å²) in [6, 6.07) is 18.1. The van der Waals surface area contributed by atoms with Crippen LogP contribution in [0.15, 0.2) is 60.7 Å². The van der Waals surface area contributed by atoms with Crippen LogP contribution in [0.2, 0.25) is 0 Å². The molecule has 4 nitrogen and oxygen atoms in total. The monoisotopic (exact) mass is 297 g/mol. The van der Waals surface area contributed by atoms with Crippen LogP contribution in [0.3, 0.4) is 0 Å². The number of amides is 1. The van der Waals surface area contributed by atoms with E-state index in [2.05, 4.69) is 0 Å². The number of hydrogen-bond acceptors (Lipinski definition) is 3. The van der Waals surface area contributed by atoms with E-state index >= 15 is 0 Å². The first-order valence-electron chi connectivity index (χ1n) is 7.34. The predicted molar refractivity (Wildman–Crippen MR) is 83.1 cm³/mol. The molecular formula is C18H19NO3. The topological polar surface area (TPSA) is 60.8 Å². The molecule has 0 radical (unpaired) electrons. The molecule has 0 spiro atoms. The number of carbonyl (C=O) groups is 1. The van der Waals surface area contributed by atoms with Gasteiger partial charge in [-0.05, 0) is 11.1 Å². The van der Waals surface area contributed by atoms with Crippen molar-refractivity contribution in [2.24, 2.45) is 0 Å². The Morgan fingerprint density at radius 3 is 2.14 bits per heavy atom. The fourth-order valence-electron chi connectivity index (χ4n) is 3.25. The van der Waals surface area contributed by atoms with Crippen LogP contribution < -0.4 is 0 Å². The Labute approximate surface area is 129 Å². The summed E-state index contributed by atoms with van der Waals surface area (Å²) in [4.78, 5) is 13.7. The molecule has 1 amide bonds. The van der Waals surface area contributed by atoms with Crippen LogP contribution in [-0.2, 0) is 4.79 Å². The van der Waals surface area contributed by atoms with Gasteiger partial charge in [0.15, 0.2) is 0 Å². The molecule has 1 fully saturated rings. The van der Waals surface area contributed by atoms with E-state index in [9.17, 15) is 15.0 Å². The maximum atomic E-state index is 12.2. The average Bonchev–Trinajstić information content (AvgIpc) is 2.80. The number of carbonyl (C=O) groups excluding carboxylic acids is 1. The second kappa shape index (κ2) is 5.91. The summed E-state index contributed by atoms with van der Waals surface area (Å²) in [6.07, 6.45) is -1.98. The molecule has 1 heterocycles. The lowest BCUT2D eigenvalue weighted by atomic mass is 9.85. The van der Waals surface area contributed by atoms with Gasteiger partial charge in [-0.1, -0.05) is 60.7 Å². The molecule has 1 aliphatic heterocycles. The van der Waals surface area contributed by atoms with E-state index in [0.29, 0.717) is 0 Å². The number of likely N-dealkylation sites (tertiary alicyclic amines) is 1. The van der Waals surface area contributed by atoms with E-state index in [4.69, 9.17) is 0 Å². The number of nitrogens with zero attached hydrogens (tertiary/aromatic N) is 1. The van der Waals surface area contributed by atoms with Crippen LogP contribution in [0.4, 0.5) is 0 Å². The van der Waals surface area contributed by atoms with Crippen LogP contribution in [0, 0.1) is 0 Å². The molecule has 1 saturated heterocycles. The van der Waals surface area contributed by atoms with Crippen molar-refractivity contribution in [1.29, 1.82) is 0 Å². The summed E-state index contributed by atoms with van der Waals surface area (Å²) in [6.45, 7) is 0. The predicted octanol–water partition coefficient (Wildman–Crippen LogP) is 1.71. The molecule has 0 aliphatic carbocycles. The molecule has 0 saturated carbocycles. The van der Waals surface area contributed by atoms with Crippen LogP contribution in [-0.4, -0.2) is 40.2 Å². The summed E-state index contributed by atoms with van der Waals surface area (Å²) in [5.74, 6) is -0.803. The van der Waals surface area contributed by atoms with Gasteiger partial charge in [0.25, 0.3) is 5.91 Å². The molecule has 2 aromatic rings. The first-order chi connectivity index (χ1) is 10.6. The van der Waals surface area contributed by atoms with Gasteiger partial charge in [-0.3, -0.25) is 4.79 Å². The van der Waals surface area contributed by atoms with Gasteiger partial charge < -0.3 is 15.1 Å². The summed E-state index contributed by atoms with van der Waals surface area (Å²) < 4.78 is 0. The van der Waals surface area contributed by atoms with Gasteiger partial charge in [-0.2, -0.15) is 0 Å². The number of rotatable bonds is 3. The number of aliphatic hydroxyl groups is 2. The lowest BCUT2D eigenvalue weighted by Crippen LogP contribution is -2.36. The molecule has 4 atom stereocenters. The minimum Gasteiger partial charge on any atom is -0.386 e. The molecule has 0 bridgehead atoms. The second-order valence-electron chi connectivity index (χ2n) is 5.68. The Morgan fingerprint density at radius 2 is 1.55 bits per heavy atom. The summed E-state index contributed by atoms with van der Waals surface area (Å²) in [5.41, 5.74) is 1.59. The smallest absolute Gasteiger partial charge is 0.252 e. The minimum atomic E-state index is -1.13. The highest BCUT2D eigenvalue weighted by molar-refractivity contribution is 5.85. The molecule has 0 unspecified atom stereocenters. The fourth-order valence-corrected chi connectivity index (χ4v) is 3.25. The highest BCUT2D eigenvalue weighted by Gasteiger charge is 2.49. The van der Waals surface area contributed by atoms with Crippen LogP contribution in [0.1, 0.15) is 23.1 Å². The van der Waals surface area contributed by atoms with Gasteiger partial charge in [-0.15, -0.1) is 0 Å². The Morgan fingerprint density at radius 1 is 1.00 bits per heavy atom. The van der Waals surface area contributed by atoms with Crippen molar-refractivity contribution < 1.29 is 15.0 Å². The maximum absolute atomic E-state index is 12.2. The molecule has 0 aromatic heterocycles. The first kappa shape index (κ1) is 14.8. The van der Waals surface area contributed by atoms with Crippen molar-refractivity contribution in [3.63, 3.8) is 0 Å². The van der Waals surface area contributed by atoms with E-state index in [1.807, 2.05) is 60.7 Å². The van der Waals surface area contributed by atoms with Crippen molar-refractivity contribution in [2.75, 3.05) is 7.05 Å². The van der Waals surface area contributed by atoms with E-state index in [-0.39, 0.29) is 5.91 Å². The zero-order valence-corrected chi connectivity index (χ0v) is 12.3. The third kappa shape index (κ3) is 2.40. The third-order valence-electron chi connectivity index (χ3n) is 4.41. The van der Waals surface area contributed by atoms with Gasteiger partial charge in [0, 0.05) is 13.0 Å². The standard InChI is InChI=1S/C18H19NO3/c1-19-15(16(20)13-10-6-3-7-11-13)14(17(21)18(19)22)12-8-4-2-5-9-12/h2-11,14-17,20-21H,1H3/t14-,15+,16-,17+/m1/s1. The summed E-state index contributed by atoms with van der Waals surface area (Å²) in [5, 5.41) is 21.1. The molecule has 1 aliphatic rings. The van der Waals surface area contributed by atoms with E-state index in [1.54, 1.807) is 7.05 Å². The zero-order valence-electron chi connectivity index (χ0n) is 12.3. The van der Waals surface area contributed by atoms with Gasteiger partial charge in [-0.25, -0.2) is 0 Å². The molecule has 3 rings (SSSR count). The van der Waals surface area contributed by atoms with Gasteiger partial charge >= 0.3 is 0 Å². The van der Waals surface area contributed by atoms with Crippen LogP contribution in [0.25, 0.3) is 0 Å². The van der Waals surface area contributed by atoms with Crippen molar-refractivity contribution in [2.45, 2.75) is 24.2 Å². The molecular weight excluding hydrogens is 278 g/mol. The van der Waals surface area contributed by atoms with E-state index < -0.39 is 24.2 Å². The number of aliphatic hydroxyl groups excluding tert-OH is 2. The second-order valence-corrected chi connectivity index (χ2v) is 5.68. The van der Waals surface area contributed by atoms with E-state index in [1.165, 1.54) is 4.90 Å². The molecule has 2 N–H and O–H groups in total. The lowest BCUT2D eigenvalue weighted by Gasteiger charge is -2.30. The number of likely N-dealkylation sites (N-methyl/N-ethyl adjacent to an activating group) is 1. The van der Waals surface area contributed by atoms with Crippen molar-refractivity contribution in [3.8, 4) is 0 Å². The SMILES string of the molecule is CN1C(=O)[C@@H](O)[C@H](c2ccccc2)[C@H]1[C@H](O)c1ccccc1. The highest BCUT2D eigenvalue weighted by atomic mass is 16.3. The molecule has 4 heteroatoms. The summed E-state index contributed by atoms with van der Waals surface area (Å²) >= 11 is 0. The van der Waals surface area contributed by atoms with Crippen molar-refractivity contribution >= 4 is 5.91 Å². The molecule has 114 valence electrons. The zero-order chi connectivity index (χ0) is 15.7. The van der Waals surface area contributed by atoms with Crippen LogP contribution >= 0.6 is 0 Å². The van der Waals surface area contributed by atoms with Crippen molar-refractivity contribution in [3.05, 3.63) is 71.8 Å². The van der Waals surface area contributed by atoms with Gasteiger partial charge in [0.05, 0.1) is 6.04 Å². The normalized spacial score (nSPS) is 26.2. The number of hydrogen-bond donors (Lipinski definition) is 2. The van der Waals surface area contributed by atoms with Crippen LogP contribution in [0.5, 0.6) is 0 Å². The van der Waals surface area contributed by atoms with Gasteiger partial charge in [0.1, 0.15) is 12.2 Å². The fraction of sp³-hybridized carbons (Fsp3) is 0.278. The quantitative estimate of drug-likeness (QED) is 0.906. The number of benzene rings is 2. The minimum absolute atomic E-state index is 0.353. The average molecular weight is 297 g/mol. The van der Waals surface area contributed by atoms with Gasteiger partial charge in [0.2, 0.25) is 0 Å². The van der Waals surface area contributed by atoms with E-state index in [0.717, 1.165) is 11.1 Å². The summed E-state index contributed by atoms with van der Waals surface area (Å²) in [7, 11) is 1.63. The Balaban J connectivity index is 2.01.